The second-order valence-electron chi connectivity index (χ2n) is 2.42. The molecule has 0 aliphatic carbocycles. The van der Waals surface area contributed by atoms with Gasteiger partial charge in [-0.1, -0.05) is 6.07 Å². The van der Waals surface area contributed by atoms with E-state index in [9.17, 15) is 8.42 Å². The quantitative estimate of drug-likeness (QED) is 0.414. The molecule has 0 saturated heterocycles. The van der Waals surface area contributed by atoms with Gasteiger partial charge < -0.3 is 5.11 Å². The Morgan fingerprint density at radius 1 is 1.31 bits per heavy atom. The van der Waals surface area contributed by atoms with Crippen molar-refractivity contribution in [2.45, 2.75) is 11.8 Å². The van der Waals surface area contributed by atoms with E-state index >= 15 is 0 Å². The van der Waals surface area contributed by atoms with Gasteiger partial charge in [-0.05, 0) is 18.6 Å². The zero-order chi connectivity index (χ0) is 9.35. The summed E-state index contributed by atoms with van der Waals surface area (Å²) in [5.41, 5.74) is 0.398. The molecule has 0 heterocycles. The zero-order valence-corrected chi connectivity index (χ0v) is 10.2. The summed E-state index contributed by atoms with van der Waals surface area (Å²) in [5.74, 6) is -0.187. The van der Waals surface area contributed by atoms with Crippen LogP contribution in [0.1, 0.15) is 5.56 Å². The van der Waals surface area contributed by atoms with Gasteiger partial charge in [0.05, 0.1) is 0 Å². The Bertz CT molecular complexity index is 399. The predicted molar refractivity (Wildman–Crippen MR) is 42.7 cm³/mol. The number of phenols is 1. The van der Waals surface area contributed by atoms with E-state index in [1.807, 2.05) is 0 Å². The third-order valence-corrected chi connectivity index (χ3v) is 2.45. The third kappa shape index (κ3) is 3.28. The van der Waals surface area contributed by atoms with Gasteiger partial charge in [-0.15, -0.1) is 0 Å². The number of hydrogen-bond acceptors (Lipinski definition) is 3. The summed E-state index contributed by atoms with van der Waals surface area (Å²) >= 11 is 0. The van der Waals surface area contributed by atoms with Gasteiger partial charge in [-0.2, -0.15) is 8.42 Å². The maximum atomic E-state index is 10.7. The molecule has 0 spiro atoms. The van der Waals surface area contributed by atoms with Gasteiger partial charge in [0, 0.05) is 6.07 Å². The van der Waals surface area contributed by atoms with Crippen LogP contribution in [0.2, 0.25) is 0 Å². The van der Waals surface area contributed by atoms with E-state index in [4.69, 9.17) is 9.66 Å². The standard InChI is InChI=1S/C7H8O4S.Na/c1-5-2-3-6(8)4-7(5)12(9,10)11;/h2-4,8H,1H3,(H,9,10,11);/q;+1. The van der Waals surface area contributed by atoms with Crippen molar-refractivity contribution in [1.29, 1.82) is 0 Å². The van der Waals surface area contributed by atoms with Crippen molar-refractivity contribution in [2.24, 2.45) is 0 Å². The van der Waals surface area contributed by atoms with Crippen LogP contribution in [0.4, 0.5) is 0 Å². The summed E-state index contributed by atoms with van der Waals surface area (Å²) in [7, 11) is -4.22. The molecule has 6 heteroatoms. The number of benzene rings is 1. The van der Waals surface area contributed by atoms with Crippen LogP contribution in [0, 0.1) is 6.92 Å². The molecule has 0 aromatic heterocycles. The minimum atomic E-state index is -4.22. The SMILES string of the molecule is Cc1ccc(O)cc1S(=O)(=O)O.[Na+]. The number of phenolic OH excluding ortho intramolecular Hbond substituents is 1. The van der Waals surface area contributed by atoms with Gasteiger partial charge in [0.25, 0.3) is 10.1 Å². The summed E-state index contributed by atoms with van der Waals surface area (Å²) in [6.07, 6.45) is 0. The summed E-state index contributed by atoms with van der Waals surface area (Å²) in [6.45, 7) is 1.53. The minimum absolute atomic E-state index is 0. The second kappa shape index (κ2) is 4.43. The van der Waals surface area contributed by atoms with Crippen molar-refractivity contribution in [3.05, 3.63) is 23.8 Å². The molecule has 0 atom stereocenters. The molecule has 0 amide bonds. The Labute approximate surface area is 98.6 Å². The maximum absolute atomic E-state index is 10.7. The third-order valence-electron chi connectivity index (χ3n) is 1.45. The van der Waals surface area contributed by atoms with Crippen LogP contribution in [0.5, 0.6) is 5.75 Å². The normalized spacial score (nSPS) is 10.6. The zero-order valence-electron chi connectivity index (χ0n) is 7.35. The molecule has 2 N–H and O–H groups in total. The van der Waals surface area contributed by atoms with Crippen molar-refractivity contribution in [2.75, 3.05) is 0 Å². The molecule has 0 unspecified atom stereocenters. The topological polar surface area (TPSA) is 74.6 Å². The van der Waals surface area contributed by atoms with E-state index in [0.29, 0.717) is 5.56 Å². The molecule has 1 rings (SSSR count). The van der Waals surface area contributed by atoms with Gasteiger partial charge in [0.1, 0.15) is 10.6 Å². The average Bonchev–Trinajstić information content (AvgIpc) is 1.92. The molecule has 0 fully saturated rings. The van der Waals surface area contributed by atoms with E-state index in [1.165, 1.54) is 19.1 Å². The Balaban J connectivity index is 0.00000144. The fourth-order valence-corrected chi connectivity index (χ4v) is 1.61. The monoisotopic (exact) mass is 211 g/mol. The van der Waals surface area contributed by atoms with Gasteiger partial charge in [0.15, 0.2) is 0 Å². The molecule has 0 saturated carbocycles. The van der Waals surface area contributed by atoms with Gasteiger partial charge in [-0.3, -0.25) is 4.55 Å². The van der Waals surface area contributed by atoms with Crippen LogP contribution in [0.3, 0.4) is 0 Å². The van der Waals surface area contributed by atoms with E-state index in [0.717, 1.165) is 6.07 Å². The van der Waals surface area contributed by atoms with Crippen LogP contribution in [0.15, 0.2) is 23.1 Å². The molecular formula is C7H8NaO4S+. The number of rotatable bonds is 1. The van der Waals surface area contributed by atoms with E-state index in [2.05, 4.69) is 0 Å². The molecule has 0 aliphatic rings. The fourth-order valence-electron chi connectivity index (χ4n) is 0.867. The number of hydrogen-bond donors (Lipinski definition) is 2. The fraction of sp³-hybridized carbons (Fsp3) is 0.143. The van der Waals surface area contributed by atoms with Gasteiger partial charge in [0.2, 0.25) is 0 Å². The summed E-state index contributed by atoms with van der Waals surface area (Å²) in [5, 5.41) is 8.93. The Morgan fingerprint density at radius 2 is 1.85 bits per heavy atom. The molecule has 66 valence electrons. The van der Waals surface area contributed by atoms with Crippen molar-refractivity contribution in [1.82, 2.24) is 0 Å². The van der Waals surface area contributed by atoms with Crippen molar-refractivity contribution in [3.8, 4) is 5.75 Å². The molecule has 0 radical (unpaired) electrons. The first-order chi connectivity index (χ1) is 5.41. The van der Waals surface area contributed by atoms with Gasteiger partial charge >= 0.3 is 29.6 Å². The number of aromatic hydroxyl groups is 1. The molecule has 13 heavy (non-hydrogen) atoms. The van der Waals surface area contributed by atoms with Crippen molar-refractivity contribution < 1.29 is 47.6 Å². The molecule has 1 aromatic rings. The van der Waals surface area contributed by atoms with Crippen LogP contribution in [0.25, 0.3) is 0 Å². The summed E-state index contributed by atoms with van der Waals surface area (Å²) < 4.78 is 30.0. The Morgan fingerprint density at radius 3 is 2.23 bits per heavy atom. The summed E-state index contributed by atoms with van der Waals surface area (Å²) in [4.78, 5) is -0.262. The maximum Gasteiger partial charge on any atom is 1.00 e. The van der Waals surface area contributed by atoms with E-state index in [-0.39, 0.29) is 40.2 Å². The largest absolute Gasteiger partial charge is 1.00 e. The molecule has 0 aliphatic heterocycles. The molecular weight excluding hydrogens is 203 g/mol. The minimum Gasteiger partial charge on any atom is -0.508 e. The second-order valence-corrected chi connectivity index (χ2v) is 3.81. The molecule has 0 bridgehead atoms. The van der Waals surface area contributed by atoms with E-state index in [1.54, 1.807) is 0 Å². The molecule has 1 aromatic carbocycles. The van der Waals surface area contributed by atoms with E-state index < -0.39 is 10.1 Å². The van der Waals surface area contributed by atoms with Crippen LogP contribution in [-0.4, -0.2) is 18.1 Å². The Hall–Kier alpha value is -0.0700. The van der Waals surface area contributed by atoms with Crippen molar-refractivity contribution >= 4 is 10.1 Å². The smallest absolute Gasteiger partial charge is 0.508 e. The predicted octanol–water partition coefficient (Wildman–Crippen LogP) is -2.05. The average molecular weight is 211 g/mol. The number of aryl methyl sites for hydroxylation is 1. The first kappa shape index (κ1) is 12.9. The Kier molecular flexibility index (Phi) is 4.41. The molecule has 4 nitrogen and oxygen atoms in total. The first-order valence-corrected chi connectivity index (χ1v) is 4.62. The van der Waals surface area contributed by atoms with Gasteiger partial charge in [-0.25, -0.2) is 0 Å². The summed E-state index contributed by atoms with van der Waals surface area (Å²) in [6, 6.07) is 3.77. The van der Waals surface area contributed by atoms with Crippen LogP contribution < -0.4 is 29.6 Å². The van der Waals surface area contributed by atoms with Crippen molar-refractivity contribution in [3.63, 3.8) is 0 Å². The van der Waals surface area contributed by atoms with Crippen LogP contribution in [-0.2, 0) is 10.1 Å². The first-order valence-electron chi connectivity index (χ1n) is 3.18. The van der Waals surface area contributed by atoms with Crippen LogP contribution >= 0.6 is 0 Å².